The molecular weight excluding hydrogens is 308 g/mol. The highest BCUT2D eigenvalue weighted by Crippen LogP contribution is 2.29. The molecule has 0 spiro atoms. The predicted octanol–water partition coefficient (Wildman–Crippen LogP) is 1.86. The van der Waals surface area contributed by atoms with Crippen molar-refractivity contribution in [3.63, 3.8) is 0 Å². The second kappa shape index (κ2) is 7.97. The first kappa shape index (κ1) is 18.0. The molecule has 0 aliphatic heterocycles. The molecule has 1 amide bonds. The molecule has 0 radical (unpaired) electrons. The van der Waals surface area contributed by atoms with Gasteiger partial charge in [-0.2, -0.15) is 0 Å². The highest BCUT2D eigenvalue weighted by atomic mass is 16.5. The van der Waals surface area contributed by atoms with Gasteiger partial charge in [-0.25, -0.2) is 4.79 Å². The van der Waals surface area contributed by atoms with E-state index in [1.165, 1.54) is 6.07 Å². The predicted molar refractivity (Wildman–Crippen MR) is 93.6 cm³/mol. The molecule has 0 aliphatic rings. The van der Waals surface area contributed by atoms with Crippen molar-refractivity contribution in [1.29, 1.82) is 0 Å². The first-order valence-corrected chi connectivity index (χ1v) is 7.96. The minimum absolute atomic E-state index is 0.0704. The summed E-state index contributed by atoms with van der Waals surface area (Å²) in [7, 11) is 3.99. The topological polar surface area (TPSA) is 71.8 Å². The summed E-state index contributed by atoms with van der Waals surface area (Å²) >= 11 is 0. The molecule has 0 saturated heterocycles. The van der Waals surface area contributed by atoms with Crippen LogP contribution in [0.4, 0.5) is 0 Å². The van der Waals surface area contributed by atoms with Crippen molar-refractivity contribution >= 4 is 16.9 Å². The molecule has 0 atom stereocenters. The molecule has 1 aromatic heterocycles. The van der Waals surface area contributed by atoms with Gasteiger partial charge < -0.3 is 19.4 Å². The highest BCUT2D eigenvalue weighted by Gasteiger charge is 2.11. The van der Waals surface area contributed by atoms with Crippen molar-refractivity contribution in [3.05, 3.63) is 39.7 Å². The number of nitrogens with zero attached hydrogens (tertiary/aromatic N) is 1. The average Bonchev–Trinajstić information content (AvgIpc) is 2.48. The van der Waals surface area contributed by atoms with Crippen LogP contribution in [-0.4, -0.2) is 44.6 Å². The maximum atomic E-state index is 11.9. The van der Waals surface area contributed by atoms with E-state index in [1.807, 2.05) is 34.0 Å². The standard InChI is InChI=1S/C18H24N2O4/c1-12-8-14(18-13(2)10-17(22)24-15(18)9-12)23-11-16(21)19-6-5-7-20(3)4/h8-10H,5-7,11H2,1-4H3,(H,19,21). The van der Waals surface area contributed by atoms with Crippen molar-refractivity contribution < 1.29 is 13.9 Å². The first-order chi connectivity index (χ1) is 11.4. The van der Waals surface area contributed by atoms with Crippen molar-refractivity contribution in [2.75, 3.05) is 33.8 Å². The quantitative estimate of drug-likeness (QED) is 0.619. The molecule has 6 nitrogen and oxygen atoms in total. The van der Waals surface area contributed by atoms with Crippen molar-refractivity contribution in [2.45, 2.75) is 20.3 Å². The Morgan fingerprint density at radius 3 is 2.71 bits per heavy atom. The summed E-state index contributed by atoms with van der Waals surface area (Å²) in [5, 5.41) is 3.55. The lowest BCUT2D eigenvalue weighted by molar-refractivity contribution is -0.123. The Labute approximate surface area is 141 Å². The molecule has 0 fully saturated rings. The maximum Gasteiger partial charge on any atom is 0.336 e. The zero-order valence-corrected chi connectivity index (χ0v) is 14.6. The van der Waals surface area contributed by atoms with Crippen LogP contribution in [0, 0.1) is 13.8 Å². The summed E-state index contributed by atoms with van der Waals surface area (Å²) in [5.74, 6) is 0.383. The third-order valence-corrected chi connectivity index (χ3v) is 3.61. The molecule has 130 valence electrons. The van der Waals surface area contributed by atoms with Gasteiger partial charge in [0.2, 0.25) is 0 Å². The van der Waals surface area contributed by atoms with E-state index < -0.39 is 5.63 Å². The molecule has 1 N–H and O–H groups in total. The summed E-state index contributed by atoms with van der Waals surface area (Å²) in [6.45, 7) is 5.17. The van der Waals surface area contributed by atoms with Gasteiger partial charge in [0.1, 0.15) is 11.3 Å². The van der Waals surface area contributed by atoms with Gasteiger partial charge in [-0.3, -0.25) is 4.79 Å². The fraction of sp³-hybridized carbons (Fsp3) is 0.444. The van der Waals surface area contributed by atoms with Crippen LogP contribution in [0.2, 0.25) is 0 Å². The smallest absolute Gasteiger partial charge is 0.336 e. The number of carbonyl (C=O) groups is 1. The Morgan fingerprint density at radius 1 is 1.25 bits per heavy atom. The monoisotopic (exact) mass is 332 g/mol. The Bertz CT molecular complexity index is 780. The summed E-state index contributed by atoms with van der Waals surface area (Å²) in [5.41, 5.74) is 1.75. The fourth-order valence-corrected chi connectivity index (χ4v) is 2.51. The molecule has 24 heavy (non-hydrogen) atoms. The number of carbonyl (C=O) groups excluding carboxylic acids is 1. The largest absolute Gasteiger partial charge is 0.483 e. The van der Waals surface area contributed by atoms with Crippen molar-refractivity contribution in [2.24, 2.45) is 0 Å². The lowest BCUT2D eigenvalue weighted by atomic mass is 10.1. The van der Waals surface area contributed by atoms with Crippen molar-refractivity contribution in [3.8, 4) is 5.75 Å². The number of aryl methyl sites for hydroxylation is 2. The minimum atomic E-state index is -0.393. The Kier molecular flexibility index (Phi) is 5.98. The molecule has 2 aromatic rings. The van der Waals surface area contributed by atoms with E-state index in [4.69, 9.17) is 9.15 Å². The fourth-order valence-electron chi connectivity index (χ4n) is 2.51. The minimum Gasteiger partial charge on any atom is -0.483 e. The number of nitrogens with one attached hydrogen (secondary N) is 1. The molecule has 0 aliphatic carbocycles. The van der Waals surface area contributed by atoms with E-state index in [0.29, 0.717) is 17.9 Å². The number of hydrogen-bond donors (Lipinski definition) is 1. The van der Waals surface area contributed by atoms with Crippen LogP contribution in [0.25, 0.3) is 11.0 Å². The summed E-state index contributed by atoms with van der Waals surface area (Å²) in [6, 6.07) is 5.05. The third-order valence-electron chi connectivity index (χ3n) is 3.61. The average molecular weight is 332 g/mol. The van der Waals surface area contributed by atoms with Gasteiger partial charge in [-0.15, -0.1) is 0 Å². The van der Waals surface area contributed by atoms with E-state index in [0.717, 1.165) is 29.5 Å². The second-order valence-electron chi connectivity index (χ2n) is 6.18. The van der Waals surface area contributed by atoms with Gasteiger partial charge in [-0.1, -0.05) is 0 Å². The lowest BCUT2D eigenvalue weighted by Crippen LogP contribution is -2.31. The van der Waals surface area contributed by atoms with Crippen LogP contribution in [0.3, 0.4) is 0 Å². The Hall–Kier alpha value is -2.34. The van der Waals surface area contributed by atoms with E-state index in [-0.39, 0.29) is 12.5 Å². The molecule has 6 heteroatoms. The van der Waals surface area contributed by atoms with E-state index >= 15 is 0 Å². The van der Waals surface area contributed by atoms with Crippen LogP contribution in [0.15, 0.2) is 27.4 Å². The van der Waals surface area contributed by atoms with E-state index in [9.17, 15) is 9.59 Å². The van der Waals surface area contributed by atoms with E-state index in [1.54, 1.807) is 6.07 Å². The summed E-state index contributed by atoms with van der Waals surface area (Å²) in [4.78, 5) is 25.5. The van der Waals surface area contributed by atoms with E-state index in [2.05, 4.69) is 10.2 Å². The molecule has 1 heterocycles. The van der Waals surface area contributed by atoms with Gasteiger partial charge in [0.15, 0.2) is 6.61 Å². The van der Waals surface area contributed by atoms with Crippen LogP contribution in [-0.2, 0) is 4.79 Å². The van der Waals surface area contributed by atoms with Gasteiger partial charge in [0, 0.05) is 12.6 Å². The van der Waals surface area contributed by atoms with Gasteiger partial charge in [-0.05, 0) is 64.2 Å². The maximum absolute atomic E-state index is 11.9. The number of ether oxygens (including phenoxy) is 1. The number of amides is 1. The van der Waals surface area contributed by atoms with Crippen LogP contribution in [0.1, 0.15) is 17.5 Å². The van der Waals surface area contributed by atoms with Crippen LogP contribution < -0.4 is 15.7 Å². The zero-order chi connectivity index (χ0) is 17.7. The molecule has 1 aromatic carbocycles. The van der Waals surface area contributed by atoms with Crippen molar-refractivity contribution in [1.82, 2.24) is 10.2 Å². The van der Waals surface area contributed by atoms with Gasteiger partial charge in [0.25, 0.3) is 5.91 Å². The zero-order valence-electron chi connectivity index (χ0n) is 14.6. The number of fused-ring (bicyclic) bond motifs is 1. The molecule has 0 unspecified atom stereocenters. The number of benzene rings is 1. The second-order valence-corrected chi connectivity index (χ2v) is 6.18. The van der Waals surface area contributed by atoms with Crippen LogP contribution >= 0.6 is 0 Å². The Balaban J connectivity index is 2.05. The van der Waals surface area contributed by atoms with Crippen LogP contribution in [0.5, 0.6) is 5.75 Å². The van der Waals surface area contributed by atoms with Gasteiger partial charge >= 0.3 is 5.63 Å². The van der Waals surface area contributed by atoms with Gasteiger partial charge in [0.05, 0.1) is 5.39 Å². The lowest BCUT2D eigenvalue weighted by Gasteiger charge is -2.12. The summed E-state index contributed by atoms with van der Waals surface area (Å²) < 4.78 is 10.9. The highest BCUT2D eigenvalue weighted by molar-refractivity contribution is 5.88. The number of hydrogen-bond acceptors (Lipinski definition) is 5. The molecule has 0 bridgehead atoms. The SMILES string of the molecule is Cc1cc(OCC(=O)NCCCN(C)C)c2c(C)cc(=O)oc2c1. The third kappa shape index (κ3) is 4.83. The molecule has 0 saturated carbocycles. The molecular formula is C18H24N2O4. The normalized spacial score (nSPS) is 11.0. The molecule has 2 rings (SSSR count). The summed E-state index contributed by atoms with van der Waals surface area (Å²) in [6.07, 6.45) is 0.885. The first-order valence-electron chi connectivity index (χ1n) is 7.96. The Morgan fingerprint density at radius 2 is 2.00 bits per heavy atom. The number of rotatable bonds is 7.